The zero-order valence-corrected chi connectivity index (χ0v) is 19.2. The van der Waals surface area contributed by atoms with E-state index in [1.165, 1.54) is 29.6 Å². The van der Waals surface area contributed by atoms with Crippen LogP contribution < -0.4 is 4.74 Å². The van der Waals surface area contributed by atoms with Crippen molar-refractivity contribution in [1.82, 2.24) is 9.29 Å². The van der Waals surface area contributed by atoms with Gasteiger partial charge in [-0.2, -0.15) is 4.31 Å². The highest BCUT2D eigenvalue weighted by atomic mass is 32.2. The smallest absolute Gasteiger partial charge is 0.338 e. The van der Waals surface area contributed by atoms with E-state index >= 15 is 0 Å². The van der Waals surface area contributed by atoms with Crippen LogP contribution in [-0.2, 0) is 21.4 Å². The van der Waals surface area contributed by atoms with Crippen LogP contribution in [-0.4, -0.2) is 43.9 Å². The molecule has 1 aromatic heterocycles. The molecular weight excluding hydrogens is 444 g/mol. The van der Waals surface area contributed by atoms with Crippen molar-refractivity contribution in [1.29, 1.82) is 0 Å². The van der Waals surface area contributed by atoms with Crippen LogP contribution in [0.5, 0.6) is 5.75 Å². The number of methoxy groups -OCH3 is 1. The summed E-state index contributed by atoms with van der Waals surface area (Å²) in [6, 6.07) is 13.7. The first-order chi connectivity index (χ1) is 16.0. The van der Waals surface area contributed by atoms with Gasteiger partial charge in [-0.25, -0.2) is 18.2 Å². The van der Waals surface area contributed by atoms with Crippen molar-refractivity contribution in [2.45, 2.75) is 37.2 Å². The number of hydrogen-bond acceptors (Lipinski definition) is 7. The van der Waals surface area contributed by atoms with Crippen LogP contribution in [0.25, 0.3) is 11.3 Å². The van der Waals surface area contributed by atoms with Gasteiger partial charge in [0.2, 0.25) is 15.9 Å². The fourth-order valence-electron chi connectivity index (χ4n) is 3.75. The number of aromatic nitrogens is 1. The third-order valence-electron chi connectivity index (χ3n) is 5.52. The Morgan fingerprint density at radius 1 is 1.06 bits per heavy atom. The number of ether oxygens (including phenoxy) is 2. The summed E-state index contributed by atoms with van der Waals surface area (Å²) in [5.41, 5.74) is 0.972. The molecule has 0 amide bonds. The summed E-state index contributed by atoms with van der Waals surface area (Å²) in [5, 5.41) is 0. The molecule has 33 heavy (non-hydrogen) atoms. The van der Waals surface area contributed by atoms with Gasteiger partial charge in [0, 0.05) is 18.7 Å². The zero-order chi connectivity index (χ0) is 23.3. The molecule has 4 rings (SSSR count). The SMILES string of the molecule is COc1ccc(C(=O)OCc2ncc(-c3ccccc3)o2)cc1S(=O)(=O)N1CCCCCC1. The Hall–Kier alpha value is -3.17. The number of oxazole rings is 1. The molecular formula is C24H26N2O6S. The minimum atomic E-state index is -3.81. The average Bonchev–Trinajstić information content (AvgIpc) is 3.14. The summed E-state index contributed by atoms with van der Waals surface area (Å²) in [6.45, 7) is 0.730. The second kappa shape index (κ2) is 10.2. The topological polar surface area (TPSA) is 98.9 Å². The van der Waals surface area contributed by atoms with E-state index in [4.69, 9.17) is 13.9 Å². The fourth-order valence-corrected chi connectivity index (χ4v) is 5.45. The number of carbonyl (C=O) groups excluding carboxylic acids is 1. The number of carbonyl (C=O) groups is 1. The van der Waals surface area contributed by atoms with Gasteiger partial charge in [-0.05, 0) is 31.0 Å². The van der Waals surface area contributed by atoms with E-state index in [0.717, 1.165) is 31.2 Å². The molecule has 0 aliphatic carbocycles. The van der Waals surface area contributed by atoms with Gasteiger partial charge >= 0.3 is 5.97 Å². The largest absolute Gasteiger partial charge is 0.495 e. The molecule has 9 heteroatoms. The molecule has 1 aliphatic heterocycles. The lowest BCUT2D eigenvalue weighted by Crippen LogP contribution is -2.32. The minimum absolute atomic E-state index is 0.0381. The van der Waals surface area contributed by atoms with Gasteiger partial charge in [-0.1, -0.05) is 43.2 Å². The summed E-state index contributed by atoms with van der Waals surface area (Å²) in [6.07, 6.45) is 5.19. The van der Waals surface area contributed by atoms with Crippen molar-refractivity contribution >= 4 is 16.0 Å². The van der Waals surface area contributed by atoms with Gasteiger partial charge in [0.15, 0.2) is 12.4 Å². The van der Waals surface area contributed by atoms with E-state index in [-0.39, 0.29) is 28.7 Å². The Labute approximate surface area is 193 Å². The van der Waals surface area contributed by atoms with Gasteiger partial charge in [0.25, 0.3) is 0 Å². The molecule has 1 saturated heterocycles. The molecule has 0 spiro atoms. The monoisotopic (exact) mass is 470 g/mol. The maximum absolute atomic E-state index is 13.3. The van der Waals surface area contributed by atoms with Gasteiger partial charge in [-0.3, -0.25) is 0 Å². The van der Waals surface area contributed by atoms with Crippen molar-refractivity contribution in [3.05, 3.63) is 66.2 Å². The van der Waals surface area contributed by atoms with Crippen molar-refractivity contribution in [3.8, 4) is 17.1 Å². The number of sulfonamides is 1. The summed E-state index contributed by atoms with van der Waals surface area (Å²) in [7, 11) is -2.40. The normalized spacial score (nSPS) is 15.1. The van der Waals surface area contributed by atoms with Gasteiger partial charge < -0.3 is 13.9 Å². The van der Waals surface area contributed by atoms with Crippen LogP contribution in [0.1, 0.15) is 41.9 Å². The maximum atomic E-state index is 13.3. The van der Waals surface area contributed by atoms with Gasteiger partial charge in [-0.15, -0.1) is 0 Å². The van der Waals surface area contributed by atoms with E-state index in [1.54, 1.807) is 6.20 Å². The molecule has 0 N–H and O–H groups in total. The van der Waals surface area contributed by atoms with Crippen LogP contribution in [0.3, 0.4) is 0 Å². The van der Waals surface area contributed by atoms with Crippen molar-refractivity contribution < 1.29 is 27.1 Å². The number of esters is 1. The molecule has 0 radical (unpaired) electrons. The first-order valence-corrected chi connectivity index (χ1v) is 12.3. The Morgan fingerprint density at radius 3 is 2.48 bits per heavy atom. The molecule has 0 bridgehead atoms. The van der Waals surface area contributed by atoms with E-state index < -0.39 is 16.0 Å². The Balaban J connectivity index is 1.50. The quantitative estimate of drug-likeness (QED) is 0.476. The zero-order valence-electron chi connectivity index (χ0n) is 18.4. The van der Waals surface area contributed by atoms with Crippen molar-refractivity contribution in [3.63, 3.8) is 0 Å². The predicted octanol–water partition coefficient (Wildman–Crippen LogP) is 4.27. The number of hydrogen-bond donors (Lipinski definition) is 0. The third kappa shape index (κ3) is 5.26. The van der Waals surface area contributed by atoms with Gasteiger partial charge in [0.05, 0.1) is 18.9 Å². The molecule has 2 heterocycles. The van der Waals surface area contributed by atoms with Gasteiger partial charge in [0.1, 0.15) is 10.6 Å². The van der Waals surface area contributed by atoms with Crippen LogP contribution in [0.2, 0.25) is 0 Å². The maximum Gasteiger partial charge on any atom is 0.338 e. The molecule has 3 aromatic rings. The van der Waals surface area contributed by atoms with E-state index in [0.29, 0.717) is 18.8 Å². The summed E-state index contributed by atoms with van der Waals surface area (Å²) in [4.78, 5) is 16.8. The molecule has 0 saturated carbocycles. The first kappa shape index (κ1) is 23.0. The van der Waals surface area contributed by atoms with Crippen molar-refractivity contribution in [2.75, 3.05) is 20.2 Å². The van der Waals surface area contributed by atoms with Crippen LogP contribution in [0.4, 0.5) is 0 Å². The third-order valence-corrected chi connectivity index (χ3v) is 7.44. The lowest BCUT2D eigenvalue weighted by molar-refractivity contribution is 0.0438. The minimum Gasteiger partial charge on any atom is -0.495 e. The molecule has 2 aromatic carbocycles. The summed E-state index contributed by atoms with van der Waals surface area (Å²) >= 11 is 0. The van der Waals surface area contributed by atoms with Crippen molar-refractivity contribution in [2.24, 2.45) is 0 Å². The fraction of sp³-hybridized carbons (Fsp3) is 0.333. The highest BCUT2D eigenvalue weighted by Crippen LogP contribution is 2.30. The summed E-state index contributed by atoms with van der Waals surface area (Å²) in [5.74, 6) is 0.325. The van der Waals surface area contributed by atoms with Crippen LogP contribution in [0, 0.1) is 0 Å². The molecule has 0 unspecified atom stereocenters. The van der Waals surface area contributed by atoms with E-state index in [9.17, 15) is 13.2 Å². The molecule has 1 aliphatic rings. The van der Waals surface area contributed by atoms with Crippen LogP contribution in [0.15, 0.2) is 64.0 Å². The Kier molecular flexibility index (Phi) is 7.10. The van der Waals surface area contributed by atoms with E-state index in [1.807, 2.05) is 30.3 Å². The molecule has 174 valence electrons. The molecule has 8 nitrogen and oxygen atoms in total. The highest BCUT2D eigenvalue weighted by molar-refractivity contribution is 7.89. The first-order valence-electron chi connectivity index (χ1n) is 10.8. The molecule has 1 fully saturated rings. The van der Waals surface area contributed by atoms with Crippen LogP contribution >= 0.6 is 0 Å². The number of nitrogens with zero attached hydrogens (tertiary/aromatic N) is 2. The lowest BCUT2D eigenvalue weighted by atomic mass is 10.2. The second-order valence-electron chi connectivity index (χ2n) is 7.74. The average molecular weight is 471 g/mol. The summed E-state index contributed by atoms with van der Waals surface area (Å²) < 4.78 is 44.3. The number of rotatable bonds is 7. The predicted molar refractivity (Wildman–Crippen MR) is 121 cm³/mol. The lowest BCUT2D eigenvalue weighted by Gasteiger charge is -2.21. The Bertz CT molecular complexity index is 1200. The van der Waals surface area contributed by atoms with E-state index in [2.05, 4.69) is 4.98 Å². The standard InChI is InChI=1S/C24H26N2O6S/c1-30-20-12-11-19(15-22(20)33(28,29)26-13-7-2-3-8-14-26)24(27)31-17-23-25-16-21(32-23)18-9-5-4-6-10-18/h4-6,9-12,15-16H,2-3,7-8,13-14,17H2,1H3. The second-order valence-corrected chi connectivity index (χ2v) is 9.65. The molecule has 0 atom stereocenters. The Morgan fingerprint density at radius 2 is 1.79 bits per heavy atom. The number of benzene rings is 2. The highest BCUT2D eigenvalue weighted by Gasteiger charge is 2.29.